The number of benzene rings is 1. The summed E-state index contributed by atoms with van der Waals surface area (Å²) >= 11 is 1.35. The molecule has 2 N–H and O–H groups in total. The van der Waals surface area contributed by atoms with Gasteiger partial charge < -0.3 is 5.32 Å². The standard InChI is InChI=1S/C19H18N4O2S/c1-13-15(18(25)23-19-21-11-12-26-19)3-2-4-16(13)22-17(24)6-5-14-7-9-20-10-8-14/h2-4,7-12H,5-6H2,1H3,(H,22,24)(H,21,23,25). The molecule has 1 aromatic carbocycles. The molecule has 132 valence electrons. The first-order valence-electron chi connectivity index (χ1n) is 8.12. The summed E-state index contributed by atoms with van der Waals surface area (Å²) in [5.74, 6) is -0.340. The van der Waals surface area contributed by atoms with Gasteiger partial charge in [0.15, 0.2) is 5.13 Å². The van der Waals surface area contributed by atoms with Crippen molar-refractivity contribution >= 4 is 34.0 Å². The lowest BCUT2D eigenvalue weighted by Crippen LogP contribution is -2.17. The van der Waals surface area contributed by atoms with Crippen molar-refractivity contribution in [1.82, 2.24) is 9.97 Å². The highest BCUT2D eigenvalue weighted by molar-refractivity contribution is 7.13. The van der Waals surface area contributed by atoms with Gasteiger partial charge in [0, 0.05) is 41.6 Å². The predicted molar refractivity (Wildman–Crippen MR) is 102 cm³/mol. The van der Waals surface area contributed by atoms with E-state index in [1.807, 2.05) is 19.1 Å². The van der Waals surface area contributed by atoms with Crippen LogP contribution >= 0.6 is 11.3 Å². The summed E-state index contributed by atoms with van der Waals surface area (Å²) in [4.78, 5) is 32.7. The Morgan fingerprint density at radius 1 is 1.08 bits per heavy atom. The summed E-state index contributed by atoms with van der Waals surface area (Å²) in [7, 11) is 0. The fraction of sp³-hybridized carbons (Fsp3) is 0.158. The first-order chi connectivity index (χ1) is 12.6. The number of carbonyl (C=O) groups is 2. The zero-order valence-corrected chi connectivity index (χ0v) is 15.0. The summed E-state index contributed by atoms with van der Waals surface area (Å²) in [6.07, 6.45) is 6.05. The molecule has 2 aromatic heterocycles. The van der Waals surface area contributed by atoms with Crippen molar-refractivity contribution in [2.75, 3.05) is 10.6 Å². The predicted octanol–water partition coefficient (Wildman–Crippen LogP) is 3.67. The molecule has 2 heterocycles. The third kappa shape index (κ3) is 4.52. The van der Waals surface area contributed by atoms with Gasteiger partial charge in [0.25, 0.3) is 5.91 Å². The second kappa shape index (κ2) is 8.35. The van der Waals surface area contributed by atoms with Gasteiger partial charge in [-0.3, -0.25) is 19.9 Å². The third-order valence-corrected chi connectivity index (χ3v) is 4.58. The number of nitrogens with zero attached hydrogens (tertiary/aromatic N) is 2. The molecular formula is C19H18N4O2S. The number of amides is 2. The summed E-state index contributed by atoms with van der Waals surface area (Å²) in [6.45, 7) is 1.81. The van der Waals surface area contributed by atoms with E-state index in [2.05, 4.69) is 20.6 Å². The number of pyridine rings is 1. The van der Waals surface area contributed by atoms with Gasteiger partial charge >= 0.3 is 0 Å². The lowest BCUT2D eigenvalue weighted by atomic mass is 10.1. The second-order valence-corrected chi connectivity index (χ2v) is 6.57. The van der Waals surface area contributed by atoms with E-state index in [0.29, 0.717) is 29.2 Å². The molecule has 0 unspecified atom stereocenters. The van der Waals surface area contributed by atoms with Crippen LogP contribution in [0.3, 0.4) is 0 Å². The number of anilines is 2. The topological polar surface area (TPSA) is 84.0 Å². The Balaban J connectivity index is 1.64. The molecule has 7 heteroatoms. The second-order valence-electron chi connectivity index (χ2n) is 5.67. The molecule has 3 rings (SSSR count). The monoisotopic (exact) mass is 366 g/mol. The van der Waals surface area contributed by atoms with Crippen LogP contribution in [0, 0.1) is 6.92 Å². The van der Waals surface area contributed by atoms with Crippen molar-refractivity contribution in [2.24, 2.45) is 0 Å². The largest absolute Gasteiger partial charge is 0.326 e. The van der Waals surface area contributed by atoms with Crippen molar-refractivity contribution in [3.8, 4) is 0 Å². The summed E-state index contributed by atoms with van der Waals surface area (Å²) < 4.78 is 0. The Labute approximate surface area is 155 Å². The van der Waals surface area contributed by atoms with Gasteiger partial charge in [-0.2, -0.15) is 0 Å². The molecule has 2 amide bonds. The fourth-order valence-electron chi connectivity index (χ4n) is 2.49. The zero-order chi connectivity index (χ0) is 18.4. The van der Waals surface area contributed by atoms with Gasteiger partial charge in [-0.1, -0.05) is 6.07 Å². The smallest absolute Gasteiger partial charge is 0.257 e. The minimum Gasteiger partial charge on any atom is -0.326 e. The highest BCUT2D eigenvalue weighted by Gasteiger charge is 2.14. The van der Waals surface area contributed by atoms with E-state index >= 15 is 0 Å². The van der Waals surface area contributed by atoms with Crippen LogP contribution in [-0.2, 0) is 11.2 Å². The van der Waals surface area contributed by atoms with E-state index in [9.17, 15) is 9.59 Å². The average Bonchev–Trinajstić information content (AvgIpc) is 3.15. The number of nitrogens with one attached hydrogen (secondary N) is 2. The first-order valence-corrected chi connectivity index (χ1v) is 9.00. The number of hydrogen-bond donors (Lipinski definition) is 2. The van der Waals surface area contributed by atoms with Crippen molar-refractivity contribution in [3.05, 3.63) is 71.0 Å². The number of aryl methyl sites for hydroxylation is 1. The molecule has 0 aliphatic heterocycles. The van der Waals surface area contributed by atoms with E-state index in [1.165, 1.54) is 11.3 Å². The number of thiazole rings is 1. The van der Waals surface area contributed by atoms with Crippen molar-refractivity contribution in [2.45, 2.75) is 19.8 Å². The molecule has 0 saturated carbocycles. The Hall–Kier alpha value is -3.06. The number of hydrogen-bond acceptors (Lipinski definition) is 5. The molecule has 0 radical (unpaired) electrons. The molecule has 6 nitrogen and oxygen atoms in total. The first kappa shape index (κ1) is 17.8. The Bertz CT molecular complexity index is 895. The number of aromatic nitrogens is 2. The van der Waals surface area contributed by atoms with E-state index in [0.717, 1.165) is 11.1 Å². The van der Waals surface area contributed by atoms with E-state index in [4.69, 9.17) is 0 Å². The van der Waals surface area contributed by atoms with Crippen LogP contribution in [0.2, 0.25) is 0 Å². The zero-order valence-electron chi connectivity index (χ0n) is 14.2. The highest BCUT2D eigenvalue weighted by atomic mass is 32.1. The maximum absolute atomic E-state index is 12.4. The van der Waals surface area contributed by atoms with E-state index in [-0.39, 0.29) is 11.8 Å². The summed E-state index contributed by atoms with van der Waals surface area (Å²) in [5, 5.41) is 7.98. The molecule has 0 fully saturated rings. The van der Waals surface area contributed by atoms with Gasteiger partial charge in [-0.25, -0.2) is 4.98 Å². The summed E-state index contributed by atoms with van der Waals surface area (Å²) in [6, 6.07) is 9.05. The lowest BCUT2D eigenvalue weighted by Gasteiger charge is -2.12. The molecule has 0 bridgehead atoms. The molecule has 0 saturated heterocycles. The average molecular weight is 366 g/mol. The lowest BCUT2D eigenvalue weighted by molar-refractivity contribution is -0.116. The molecule has 0 spiro atoms. The van der Waals surface area contributed by atoms with Crippen molar-refractivity contribution in [1.29, 1.82) is 0 Å². The van der Waals surface area contributed by atoms with Gasteiger partial charge in [-0.05, 0) is 48.7 Å². The SMILES string of the molecule is Cc1c(NC(=O)CCc2ccncc2)cccc1C(=O)Nc1nccs1. The minimum atomic E-state index is -0.245. The van der Waals surface area contributed by atoms with Crippen LogP contribution < -0.4 is 10.6 Å². The number of carbonyl (C=O) groups excluding carboxylic acids is 2. The van der Waals surface area contributed by atoms with Crippen LogP contribution in [0.25, 0.3) is 0 Å². The molecule has 0 aliphatic carbocycles. The van der Waals surface area contributed by atoms with Crippen LogP contribution in [0.4, 0.5) is 10.8 Å². The molecule has 0 atom stereocenters. The Kier molecular flexibility index (Phi) is 5.70. The van der Waals surface area contributed by atoms with Crippen molar-refractivity contribution < 1.29 is 9.59 Å². The quantitative estimate of drug-likeness (QED) is 0.697. The van der Waals surface area contributed by atoms with Gasteiger partial charge in [0.05, 0.1) is 0 Å². The maximum atomic E-state index is 12.4. The van der Waals surface area contributed by atoms with Crippen LogP contribution in [0.1, 0.15) is 27.9 Å². The van der Waals surface area contributed by atoms with Crippen LogP contribution in [0.5, 0.6) is 0 Å². The van der Waals surface area contributed by atoms with Gasteiger partial charge in [-0.15, -0.1) is 11.3 Å². The maximum Gasteiger partial charge on any atom is 0.257 e. The normalized spacial score (nSPS) is 10.3. The Morgan fingerprint density at radius 2 is 1.88 bits per heavy atom. The van der Waals surface area contributed by atoms with Crippen LogP contribution in [-0.4, -0.2) is 21.8 Å². The van der Waals surface area contributed by atoms with E-state index in [1.54, 1.807) is 42.2 Å². The van der Waals surface area contributed by atoms with Crippen molar-refractivity contribution in [3.63, 3.8) is 0 Å². The highest BCUT2D eigenvalue weighted by Crippen LogP contribution is 2.21. The fourth-order valence-corrected chi connectivity index (χ4v) is 3.01. The number of rotatable bonds is 6. The van der Waals surface area contributed by atoms with Gasteiger partial charge in [0.2, 0.25) is 5.91 Å². The molecule has 3 aromatic rings. The van der Waals surface area contributed by atoms with Crippen LogP contribution in [0.15, 0.2) is 54.3 Å². The molecular weight excluding hydrogens is 348 g/mol. The van der Waals surface area contributed by atoms with E-state index < -0.39 is 0 Å². The van der Waals surface area contributed by atoms with Gasteiger partial charge in [0.1, 0.15) is 0 Å². The molecule has 26 heavy (non-hydrogen) atoms. The minimum absolute atomic E-state index is 0.0950. The molecule has 0 aliphatic rings. The third-order valence-electron chi connectivity index (χ3n) is 3.90. The Morgan fingerprint density at radius 3 is 2.62 bits per heavy atom. The summed E-state index contributed by atoms with van der Waals surface area (Å²) in [5.41, 5.74) is 2.92.